The first kappa shape index (κ1) is 23.0. The van der Waals surface area contributed by atoms with Crippen LogP contribution in [0.15, 0.2) is 45.6 Å². The van der Waals surface area contributed by atoms with Gasteiger partial charge in [0.2, 0.25) is 10.0 Å². The number of sulfonamides is 1. The molecule has 3 aromatic heterocycles. The molecular weight excluding hydrogens is 488 g/mol. The summed E-state index contributed by atoms with van der Waals surface area (Å²) in [6, 6.07) is 8.69. The van der Waals surface area contributed by atoms with Gasteiger partial charge >= 0.3 is 6.09 Å². The van der Waals surface area contributed by atoms with Crippen LogP contribution >= 0.6 is 24.0 Å². The molecule has 33 heavy (non-hydrogen) atoms. The van der Waals surface area contributed by atoms with Crippen molar-refractivity contribution in [2.24, 2.45) is 5.14 Å². The van der Waals surface area contributed by atoms with Gasteiger partial charge in [0.05, 0.1) is 4.90 Å². The molecule has 0 radical (unpaired) electrons. The fraction of sp³-hybridized carbons (Fsp3) is 0.222. The van der Waals surface area contributed by atoms with E-state index in [9.17, 15) is 13.2 Å². The highest BCUT2D eigenvalue weighted by Gasteiger charge is 2.21. The Kier molecular flexibility index (Phi) is 6.83. The SMILES string of the molecule is NS(=O)(=O)c1ccc(OC(=O)N(CCCCc2nn[nH]n2)c2ccc3nc(S)sc3n2)cc1. The average molecular weight is 507 g/mol. The second kappa shape index (κ2) is 9.78. The minimum absolute atomic E-state index is 0.0829. The van der Waals surface area contributed by atoms with Crippen LogP contribution in [0.3, 0.4) is 0 Å². The molecule has 172 valence electrons. The number of aryl methyl sites for hydroxylation is 1. The molecular formula is C18H18N8O4S3. The number of pyridine rings is 1. The standard InChI is InChI=1S/C18H18N8O4S3/c19-33(28,29)12-6-4-11(5-7-12)30-18(27)26(10-2-1-3-14-22-24-25-23-14)15-9-8-13-16(21-15)32-17(31)20-13/h4-9H,1-3,10H2,(H,20,31)(H2,19,28,29)(H,22,23,24,25). The number of ether oxygens (including phenoxy) is 1. The fourth-order valence-electron chi connectivity index (χ4n) is 2.94. The predicted molar refractivity (Wildman–Crippen MR) is 123 cm³/mol. The molecule has 0 aliphatic carbocycles. The van der Waals surface area contributed by atoms with E-state index < -0.39 is 16.1 Å². The maximum atomic E-state index is 13.0. The smallest absolute Gasteiger partial charge is 0.410 e. The van der Waals surface area contributed by atoms with Crippen LogP contribution in [0, 0.1) is 0 Å². The molecule has 0 saturated carbocycles. The summed E-state index contributed by atoms with van der Waals surface area (Å²) in [7, 11) is -3.85. The van der Waals surface area contributed by atoms with Crippen molar-refractivity contribution in [1.82, 2.24) is 30.6 Å². The number of rotatable bonds is 8. The molecule has 15 heteroatoms. The van der Waals surface area contributed by atoms with E-state index in [4.69, 9.17) is 9.88 Å². The lowest BCUT2D eigenvalue weighted by Crippen LogP contribution is -2.35. The number of benzene rings is 1. The van der Waals surface area contributed by atoms with E-state index in [1.165, 1.54) is 40.5 Å². The van der Waals surface area contributed by atoms with E-state index in [-0.39, 0.29) is 10.6 Å². The lowest BCUT2D eigenvalue weighted by atomic mass is 10.2. The van der Waals surface area contributed by atoms with Crippen LogP contribution in [-0.4, -0.2) is 51.6 Å². The molecule has 1 aromatic carbocycles. The van der Waals surface area contributed by atoms with Gasteiger partial charge in [-0.25, -0.2) is 28.3 Å². The minimum atomic E-state index is -3.85. The molecule has 4 rings (SSSR count). The van der Waals surface area contributed by atoms with Crippen LogP contribution in [-0.2, 0) is 16.4 Å². The zero-order valence-electron chi connectivity index (χ0n) is 16.9. The number of primary sulfonamides is 1. The lowest BCUT2D eigenvalue weighted by Gasteiger charge is -2.21. The maximum absolute atomic E-state index is 13.0. The van der Waals surface area contributed by atoms with Crippen molar-refractivity contribution >= 4 is 56.2 Å². The number of thiol groups is 1. The van der Waals surface area contributed by atoms with Crippen LogP contribution in [0.1, 0.15) is 18.7 Å². The molecule has 3 N–H and O–H groups in total. The van der Waals surface area contributed by atoms with E-state index in [0.717, 1.165) is 0 Å². The molecule has 0 bridgehead atoms. The highest BCUT2D eigenvalue weighted by molar-refractivity contribution is 7.89. The second-order valence-electron chi connectivity index (χ2n) is 6.81. The van der Waals surface area contributed by atoms with Gasteiger partial charge in [-0.15, -0.1) is 22.8 Å². The molecule has 1 amide bonds. The van der Waals surface area contributed by atoms with E-state index >= 15 is 0 Å². The number of aromatic nitrogens is 6. The topological polar surface area (TPSA) is 170 Å². The van der Waals surface area contributed by atoms with Crippen LogP contribution in [0.4, 0.5) is 10.6 Å². The number of carbonyl (C=O) groups is 1. The molecule has 4 aromatic rings. The maximum Gasteiger partial charge on any atom is 0.420 e. The van der Waals surface area contributed by atoms with Crippen molar-refractivity contribution in [2.45, 2.75) is 28.5 Å². The van der Waals surface area contributed by atoms with Crippen molar-refractivity contribution in [3.05, 3.63) is 42.2 Å². The van der Waals surface area contributed by atoms with Crippen LogP contribution in [0.5, 0.6) is 5.75 Å². The Labute approximate surface area is 197 Å². The number of unbranched alkanes of at least 4 members (excludes halogenated alkanes) is 1. The number of aromatic amines is 1. The number of hydrogen-bond acceptors (Lipinski definition) is 11. The van der Waals surface area contributed by atoms with Gasteiger partial charge in [0, 0.05) is 13.0 Å². The van der Waals surface area contributed by atoms with E-state index in [1.54, 1.807) is 12.1 Å². The van der Waals surface area contributed by atoms with Crippen molar-refractivity contribution < 1.29 is 17.9 Å². The minimum Gasteiger partial charge on any atom is -0.410 e. The number of nitrogens with one attached hydrogen (secondary N) is 1. The summed E-state index contributed by atoms with van der Waals surface area (Å²) in [6.45, 7) is 0.316. The molecule has 0 fully saturated rings. The monoisotopic (exact) mass is 506 g/mol. The molecule has 0 spiro atoms. The second-order valence-corrected chi connectivity index (χ2v) is 10.1. The third-order valence-corrected chi connectivity index (χ3v) is 6.58. The quantitative estimate of drug-likeness (QED) is 0.239. The van der Waals surface area contributed by atoms with Crippen molar-refractivity contribution in [1.29, 1.82) is 0 Å². The van der Waals surface area contributed by atoms with Crippen LogP contribution in [0.25, 0.3) is 10.3 Å². The highest BCUT2D eigenvalue weighted by atomic mass is 32.2. The lowest BCUT2D eigenvalue weighted by molar-refractivity contribution is 0.207. The largest absolute Gasteiger partial charge is 0.420 e. The normalized spacial score (nSPS) is 11.6. The molecule has 12 nitrogen and oxygen atoms in total. The molecule has 3 heterocycles. The van der Waals surface area contributed by atoms with Gasteiger partial charge in [-0.1, -0.05) is 16.6 Å². The highest BCUT2D eigenvalue weighted by Crippen LogP contribution is 2.26. The molecule has 0 aliphatic rings. The number of hydrogen-bond donors (Lipinski definition) is 3. The van der Waals surface area contributed by atoms with Crippen molar-refractivity contribution in [2.75, 3.05) is 11.4 Å². The Morgan fingerprint density at radius 2 is 1.94 bits per heavy atom. The number of thiazole rings is 1. The Balaban J connectivity index is 1.51. The summed E-state index contributed by atoms with van der Waals surface area (Å²) >= 11 is 5.55. The molecule has 0 atom stereocenters. The number of anilines is 1. The Bertz CT molecular complexity index is 1360. The van der Waals surface area contributed by atoms with E-state index in [0.29, 0.717) is 52.1 Å². The number of tetrazole rings is 1. The average Bonchev–Trinajstić information content (AvgIpc) is 3.41. The molecule has 0 saturated heterocycles. The zero-order valence-corrected chi connectivity index (χ0v) is 19.5. The molecule has 0 unspecified atom stereocenters. The zero-order chi connectivity index (χ0) is 23.4. The first-order valence-electron chi connectivity index (χ1n) is 9.61. The summed E-state index contributed by atoms with van der Waals surface area (Å²) in [5.74, 6) is 1.15. The third-order valence-electron chi connectivity index (χ3n) is 4.51. The first-order chi connectivity index (χ1) is 15.8. The summed E-state index contributed by atoms with van der Waals surface area (Å²) in [6.07, 6.45) is 1.25. The number of nitrogens with zero attached hydrogens (tertiary/aromatic N) is 6. The first-order valence-corrected chi connectivity index (χ1v) is 12.4. The number of carbonyl (C=O) groups excluding carboxylic acids is 1. The van der Waals surface area contributed by atoms with Gasteiger partial charge in [0.25, 0.3) is 0 Å². The van der Waals surface area contributed by atoms with Gasteiger partial charge < -0.3 is 4.74 Å². The summed E-state index contributed by atoms with van der Waals surface area (Å²) < 4.78 is 28.9. The molecule has 0 aliphatic heterocycles. The Hall–Kier alpha value is -3.14. The van der Waals surface area contributed by atoms with Gasteiger partial charge in [0.15, 0.2) is 5.82 Å². The summed E-state index contributed by atoms with van der Waals surface area (Å²) in [5.41, 5.74) is 0.678. The van der Waals surface area contributed by atoms with Gasteiger partial charge in [-0.3, -0.25) is 4.90 Å². The number of amides is 1. The van der Waals surface area contributed by atoms with Crippen molar-refractivity contribution in [3.8, 4) is 5.75 Å². The Morgan fingerprint density at radius 3 is 2.64 bits per heavy atom. The Morgan fingerprint density at radius 1 is 1.15 bits per heavy atom. The fourth-order valence-corrected chi connectivity index (χ4v) is 4.50. The number of nitrogens with two attached hydrogens (primary N) is 1. The van der Waals surface area contributed by atoms with Crippen molar-refractivity contribution in [3.63, 3.8) is 0 Å². The number of H-pyrrole nitrogens is 1. The van der Waals surface area contributed by atoms with E-state index in [2.05, 4.69) is 43.2 Å². The van der Waals surface area contributed by atoms with E-state index in [1.807, 2.05) is 0 Å². The van der Waals surface area contributed by atoms with Gasteiger partial charge in [-0.05, 0) is 49.2 Å². The predicted octanol–water partition coefficient (Wildman–Crippen LogP) is 2.17. The van der Waals surface area contributed by atoms with Gasteiger partial charge in [-0.2, -0.15) is 5.21 Å². The van der Waals surface area contributed by atoms with Crippen LogP contribution < -0.4 is 14.8 Å². The van der Waals surface area contributed by atoms with Gasteiger partial charge in [0.1, 0.15) is 26.3 Å². The van der Waals surface area contributed by atoms with Crippen LogP contribution in [0.2, 0.25) is 0 Å². The summed E-state index contributed by atoms with van der Waals surface area (Å²) in [5, 5.41) is 18.9. The number of fused-ring (bicyclic) bond motifs is 1. The third kappa shape index (κ3) is 5.81. The summed E-state index contributed by atoms with van der Waals surface area (Å²) in [4.78, 5) is 23.8.